The fraction of sp³-hybridized carbons (Fsp3) is 0.235. The summed E-state index contributed by atoms with van der Waals surface area (Å²) in [7, 11) is 1.58. The molecule has 2 aromatic heterocycles. The zero-order valence-electron chi connectivity index (χ0n) is 14.1. The van der Waals surface area contributed by atoms with Gasteiger partial charge < -0.3 is 10.1 Å². The molecule has 1 aromatic carbocycles. The van der Waals surface area contributed by atoms with E-state index in [-0.39, 0.29) is 17.9 Å². The number of ether oxygens (including phenoxy) is 1. The number of nitrogens with zero attached hydrogens (tertiary/aromatic N) is 2. The molecule has 25 heavy (non-hydrogen) atoms. The van der Waals surface area contributed by atoms with Gasteiger partial charge in [-0.15, -0.1) is 11.3 Å². The Morgan fingerprint density at radius 3 is 2.64 bits per heavy atom. The first-order valence-corrected chi connectivity index (χ1v) is 8.53. The minimum atomic E-state index is -0.258. The molecule has 0 atom stereocenters. The number of methoxy groups -OCH3 is 1. The molecule has 130 valence electrons. The van der Waals surface area contributed by atoms with Gasteiger partial charge >= 0.3 is 0 Å². The number of thiazole rings is 1. The molecule has 0 saturated heterocycles. The summed E-state index contributed by atoms with van der Waals surface area (Å²) in [5.74, 6) is 0.452. The quantitative estimate of drug-likeness (QED) is 0.733. The third-order valence-corrected chi connectivity index (χ3v) is 4.65. The fourth-order valence-corrected chi connectivity index (χ4v) is 3.17. The van der Waals surface area contributed by atoms with Crippen molar-refractivity contribution < 1.29 is 9.53 Å². The summed E-state index contributed by atoms with van der Waals surface area (Å²) in [5.41, 5.74) is 2.33. The van der Waals surface area contributed by atoms with Crippen LogP contribution in [-0.2, 0) is 11.2 Å². The van der Waals surface area contributed by atoms with Gasteiger partial charge in [-0.2, -0.15) is 4.68 Å². The third-order valence-electron chi connectivity index (χ3n) is 3.70. The Morgan fingerprint density at radius 1 is 1.32 bits per heavy atom. The van der Waals surface area contributed by atoms with Gasteiger partial charge in [-0.25, -0.2) is 4.98 Å². The van der Waals surface area contributed by atoms with Crippen molar-refractivity contribution in [2.45, 2.75) is 20.3 Å². The Balaban J connectivity index is 1.77. The van der Waals surface area contributed by atoms with Gasteiger partial charge in [0.15, 0.2) is 0 Å². The second-order valence-corrected chi connectivity index (χ2v) is 6.42. The Morgan fingerprint density at radius 2 is 2.04 bits per heavy atom. The first-order valence-electron chi connectivity index (χ1n) is 7.65. The number of nitrogens with one attached hydrogen (secondary N) is 2. The van der Waals surface area contributed by atoms with Crippen LogP contribution in [0.2, 0.25) is 0 Å². The lowest BCUT2D eigenvalue weighted by atomic mass is 10.2. The van der Waals surface area contributed by atoms with Crippen LogP contribution in [0.3, 0.4) is 0 Å². The van der Waals surface area contributed by atoms with Crippen molar-refractivity contribution >= 4 is 22.9 Å². The fourth-order valence-electron chi connectivity index (χ4n) is 2.41. The molecule has 8 heteroatoms. The van der Waals surface area contributed by atoms with E-state index in [0.717, 1.165) is 5.69 Å². The average Bonchev–Trinajstić information content (AvgIpc) is 3.14. The summed E-state index contributed by atoms with van der Waals surface area (Å²) in [6.45, 7) is 3.64. The van der Waals surface area contributed by atoms with E-state index >= 15 is 0 Å². The number of aromatic amines is 1. The molecule has 3 aromatic rings. The van der Waals surface area contributed by atoms with Crippen molar-refractivity contribution in [2.75, 3.05) is 12.4 Å². The van der Waals surface area contributed by atoms with Gasteiger partial charge in [-0.3, -0.25) is 14.7 Å². The van der Waals surface area contributed by atoms with E-state index in [2.05, 4.69) is 15.4 Å². The zero-order valence-corrected chi connectivity index (χ0v) is 14.9. The third kappa shape index (κ3) is 3.63. The van der Waals surface area contributed by atoms with Crippen molar-refractivity contribution in [3.63, 3.8) is 0 Å². The summed E-state index contributed by atoms with van der Waals surface area (Å²) in [4.78, 5) is 29.1. The number of hydrogen-bond donors (Lipinski definition) is 2. The van der Waals surface area contributed by atoms with Crippen molar-refractivity contribution in [3.8, 4) is 10.9 Å². The van der Waals surface area contributed by atoms with Crippen molar-refractivity contribution in [2.24, 2.45) is 0 Å². The molecule has 7 nitrogen and oxygen atoms in total. The summed E-state index contributed by atoms with van der Waals surface area (Å²) in [5, 5.41) is 8.19. The molecule has 3 rings (SSSR count). The monoisotopic (exact) mass is 358 g/mol. The minimum Gasteiger partial charge on any atom is -0.497 e. The molecule has 1 amide bonds. The van der Waals surface area contributed by atoms with Crippen LogP contribution in [0.15, 0.2) is 34.4 Å². The number of carbonyl (C=O) groups excluding carboxylic acids is 1. The van der Waals surface area contributed by atoms with Crippen LogP contribution in [-0.4, -0.2) is 27.8 Å². The molecule has 0 aliphatic heterocycles. The Kier molecular flexibility index (Phi) is 4.71. The molecule has 0 aliphatic carbocycles. The molecule has 2 N–H and O–H groups in total. The second-order valence-electron chi connectivity index (χ2n) is 5.58. The second kappa shape index (κ2) is 6.94. The molecule has 0 radical (unpaired) electrons. The van der Waals surface area contributed by atoms with E-state index in [1.807, 2.05) is 12.3 Å². The summed E-state index contributed by atoms with van der Waals surface area (Å²) in [6, 6.07) is 7.01. The maximum absolute atomic E-state index is 12.6. The predicted octanol–water partition coefficient (Wildman–Crippen LogP) is 2.43. The minimum absolute atomic E-state index is 0.00937. The van der Waals surface area contributed by atoms with Crippen molar-refractivity contribution in [3.05, 3.63) is 57.0 Å². The smallest absolute Gasteiger partial charge is 0.277 e. The van der Waals surface area contributed by atoms with Gasteiger partial charge in [0.2, 0.25) is 11.0 Å². The highest BCUT2D eigenvalue weighted by Gasteiger charge is 2.17. The zero-order chi connectivity index (χ0) is 18.0. The van der Waals surface area contributed by atoms with Gasteiger partial charge in [0, 0.05) is 22.3 Å². The number of H-pyrrole nitrogens is 1. The summed E-state index contributed by atoms with van der Waals surface area (Å²) in [6.07, 6.45) is -0.00937. The van der Waals surface area contributed by atoms with Gasteiger partial charge in [0.05, 0.1) is 19.2 Å². The van der Waals surface area contributed by atoms with Crippen LogP contribution in [0.1, 0.15) is 17.0 Å². The maximum Gasteiger partial charge on any atom is 0.277 e. The van der Waals surface area contributed by atoms with E-state index in [1.54, 1.807) is 38.3 Å². The molecule has 0 saturated carbocycles. The summed E-state index contributed by atoms with van der Waals surface area (Å²) >= 11 is 1.37. The number of aromatic nitrogens is 3. The van der Waals surface area contributed by atoms with Gasteiger partial charge in [-0.05, 0) is 38.1 Å². The number of rotatable bonds is 5. The van der Waals surface area contributed by atoms with E-state index in [0.29, 0.717) is 27.8 Å². The lowest BCUT2D eigenvalue weighted by molar-refractivity contribution is -0.115. The highest BCUT2D eigenvalue weighted by atomic mass is 32.1. The number of hydrogen-bond acceptors (Lipinski definition) is 5. The van der Waals surface area contributed by atoms with Gasteiger partial charge in [0.1, 0.15) is 5.75 Å². The van der Waals surface area contributed by atoms with Crippen LogP contribution in [0.25, 0.3) is 5.13 Å². The molecule has 0 bridgehead atoms. The standard InChI is InChI=1S/C17H18N4O3S/c1-10-9-25-17(18-10)21-16(23)14(11(2)20-21)8-15(22)19-12-4-6-13(24-3)7-5-12/h4-7,9,20H,8H2,1-3H3,(H,19,22). The number of aryl methyl sites for hydroxylation is 2. The van der Waals surface area contributed by atoms with Crippen LogP contribution in [0, 0.1) is 13.8 Å². The summed E-state index contributed by atoms with van der Waals surface area (Å²) < 4.78 is 6.46. The van der Waals surface area contributed by atoms with E-state index in [1.165, 1.54) is 16.0 Å². The molecule has 0 spiro atoms. The SMILES string of the molecule is COc1ccc(NC(=O)Cc2c(C)[nH]n(-c3nc(C)cs3)c2=O)cc1. The highest BCUT2D eigenvalue weighted by Crippen LogP contribution is 2.16. The number of carbonyl (C=O) groups is 1. The van der Waals surface area contributed by atoms with E-state index < -0.39 is 0 Å². The van der Waals surface area contributed by atoms with E-state index in [4.69, 9.17) is 4.74 Å². The lowest BCUT2D eigenvalue weighted by Gasteiger charge is -2.05. The van der Waals surface area contributed by atoms with Crippen LogP contribution in [0.5, 0.6) is 5.75 Å². The Bertz CT molecular complexity index is 953. The predicted molar refractivity (Wildman–Crippen MR) is 96.9 cm³/mol. The van der Waals surface area contributed by atoms with Gasteiger partial charge in [-0.1, -0.05) is 0 Å². The first kappa shape index (κ1) is 17.0. The van der Waals surface area contributed by atoms with Crippen LogP contribution in [0.4, 0.5) is 5.69 Å². The van der Waals surface area contributed by atoms with E-state index in [9.17, 15) is 9.59 Å². The molecular formula is C17H18N4O3S. The molecular weight excluding hydrogens is 340 g/mol. The molecule has 0 fully saturated rings. The highest BCUT2D eigenvalue weighted by molar-refractivity contribution is 7.12. The Labute approximate surface area is 148 Å². The Hall–Kier alpha value is -2.87. The largest absolute Gasteiger partial charge is 0.497 e. The maximum atomic E-state index is 12.6. The number of anilines is 1. The van der Waals surface area contributed by atoms with Crippen LogP contribution >= 0.6 is 11.3 Å². The van der Waals surface area contributed by atoms with Crippen molar-refractivity contribution in [1.29, 1.82) is 0 Å². The first-order chi connectivity index (χ1) is 12.0. The normalized spacial score (nSPS) is 10.7. The average molecular weight is 358 g/mol. The lowest BCUT2D eigenvalue weighted by Crippen LogP contribution is -2.22. The van der Waals surface area contributed by atoms with Crippen molar-refractivity contribution in [1.82, 2.24) is 14.8 Å². The topological polar surface area (TPSA) is 89.0 Å². The van der Waals surface area contributed by atoms with Gasteiger partial charge in [0.25, 0.3) is 5.56 Å². The molecule has 2 heterocycles. The van der Waals surface area contributed by atoms with Crippen LogP contribution < -0.4 is 15.6 Å². The molecule has 0 unspecified atom stereocenters. The molecule has 0 aliphatic rings. The number of benzene rings is 1. The number of amides is 1.